The van der Waals surface area contributed by atoms with Crippen molar-refractivity contribution < 1.29 is 18.0 Å². The molecular formula is C25H34ClN3O4S. The second-order valence-corrected chi connectivity index (χ2v) is 10.8. The van der Waals surface area contributed by atoms with Gasteiger partial charge in [-0.05, 0) is 56.0 Å². The average molecular weight is 508 g/mol. The minimum atomic E-state index is -3.76. The van der Waals surface area contributed by atoms with E-state index in [1.54, 1.807) is 30.3 Å². The van der Waals surface area contributed by atoms with Crippen LogP contribution in [0.15, 0.2) is 42.5 Å². The number of anilines is 1. The fourth-order valence-electron chi connectivity index (χ4n) is 3.75. The van der Waals surface area contributed by atoms with Crippen molar-refractivity contribution in [1.29, 1.82) is 0 Å². The number of hydrogen-bond donors (Lipinski definition) is 1. The lowest BCUT2D eigenvalue weighted by Crippen LogP contribution is -2.52. The molecule has 0 radical (unpaired) electrons. The van der Waals surface area contributed by atoms with Crippen LogP contribution in [0.25, 0.3) is 0 Å². The lowest BCUT2D eigenvalue weighted by Gasteiger charge is -2.33. The molecule has 9 heteroatoms. The van der Waals surface area contributed by atoms with E-state index in [9.17, 15) is 18.0 Å². The Labute approximate surface area is 208 Å². The van der Waals surface area contributed by atoms with E-state index in [0.29, 0.717) is 23.7 Å². The minimum Gasteiger partial charge on any atom is -0.354 e. The highest BCUT2D eigenvalue weighted by molar-refractivity contribution is 7.92. The number of sulfonamides is 1. The van der Waals surface area contributed by atoms with Crippen LogP contribution in [0.4, 0.5) is 5.69 Å². The molecule has 186 valence electrons. The molecule has 0 spiro atoms. The number of aryl methyl sites for hydroxylation is 2. The molecule has 0 heterocycles. The van der Waals surface area contributed by atoms with Crippen molar-refractivity contribution in [3.8, 4) is 0 Å². The second kappa shape index (κ2) is 12.2. The van der Waals surface area contributed by atoms with E-state index >= 15 is 0 Å². The second-order valence-electron chi connectivity index (χ2n) is 8.42. The standard InChI is InChI=1S/C25H34ClN3O4S/c1-6-14-27-25(31)22(7-2)28(16-20-9-11-21(26)12-10-20)24(30)17-29(34(5,32)33)23-13-8-18(3)15-19(23)4/h8-13,15,22H,6-7,14,16-17H2,1-5H3,(H,27,31)/t22-/m0/s1. The fraction of sp³-hybridized carbons (Fsp3) is 0.440. The van der Waals surface area contributed by atoms with E-state index in [2.05, 4.69) is 5.32 Å². The van der Waals surface area contributed by atoms with E-state index in [0.717, 1.165) is 33.7 Å². The Kier molecular flexibility index (Phi) is 9.94. The smallest absolute Gasteiger partial charge is 0.244 e. The Bertz CT molecular complexity index is 1100. The van der Waals surface area contributed by atoms with Crippen molar-refractivity contribution in [3.63, 3.8) is 0 Å². The van der Waals surface area contributed by atoms with Gasteiger partial charge in [0, 0.05) is 18.1 Å². The third-order valence-corrected chi connectivity index (χ3v) is 6.88. The fourth-order valence-corrected chi connectivity index (χ4v) is 4.79. The van der Waals surface area contributed by atoms with Gasteiger partial charge in [0.25, 0.3) is 0 Å². The van der Waals surface area contributed by atoms with Gasteiger partial charge in [0.2, 0.25) is 21.8 Å². The number of nitrogens with one attached hydrogen (secondary N) is 1. The number of amides is 2. The molecule has 0 aliphatic heterocycles. The summed E-state index contributed by atoms with van der Waals surface area (Å²) in [4.78, 5) is 28.0. The molecule has 7 nitrogen and oxygen atoms in total. The van der Waals surface area contributed by atoms with Gasteiger partial charge < -0.3 is 10.2 Å². The Hall–Kier alpha value is -2.58. The van der Waals surface area contributed by atoms with Crippen LogP contribution in [0, 0.1) is 13.8 Å². The van der Waals surface area contributed by atoms with Gasteiger partial charge in [-0.25, -0.2) is 8.42 Å². The lowest BCUT2D eigenvalue weighted by atomic mass is 10.1. The molecule has 0 bridgehead atoms. The third kappa shape index (κ3) is 7.46. The van der Waals surface area contributed by atoms with Crippen molar-refractivity contribution in [2.45, 2.75) is 53.1 Å². The molecule has 2 amide bonds. The molecular weight excluding hydrogens is 474 g/mol. The van der Waals surface area contributed by atoms with Gasteiger partial charge in [0.05, 0.1) is 11.9 Å². The van der Waals surface area contributed by atoms with Crippen molar-refractivity contribution in [2.24, 2.45) is 0 Å². The summed E-state index contributed by atoms with van der Waals surface area (Å²) in [6.07, 6.45) is 2.23. The van der Waals surface area contributed by atoms with Gasteiger partial charge >= 0.3 is 0 Å². The summed E-state index contributed by atoms with van der Waals surface area (Å²) >= 11 is 6.00. The zero-order valence-corrected chi connectivity index (χ0v) is 22.0. The molecule has 0 saturated carbocycles. The van der Waals surface area contributed by atoms with E-state index in [4.69, 9.17) is 11.6 Å². The van der Waals surface area contributed by atoms with Gasteiger partial charge in [-0.2, -0.15) is 0 Å². The minimum absolute atomic E-state index is 0.151. The van der Waals surface area contributed by atoms with Gasteiger partial charge in [-0.15, -0.1) is 0 Å². The molecule has 1 atom stereocenters. The molecule has 0 unspecified atom stereocenters. The SMILES string of the molecule is CCCNC(=O)[C@H](CC)N(Cc1ccc(Cl)cc1)C(=O)CN(c1ccc(C)cc1C)S(C)(=O)=O. The molecule has 2 aromatic carbocycles. The maximum Gasteiger partial charge on any atom is 0.244 e. The topological polar surface area (TPSA) is 86.8 Å². The summed E-state index contributed by atoms with van der Waals surface area (Å²) in [6.45, 7) is 7.75. The van der Waals surface area contributed by atoms with Crippen molar-refractivity contribution in [1.82, 2.24) is 10.2 Å². The number of nitrogens with zero attached hydrogens (tertiary/aromatic N) is 2. The summed E-state index contributed by atoms with van der Waals surface area (Å²) < 4.78 is 26.5. The first-order valence-electron chi connectivity index (χ1n) is 11.3. The van der Waals surface area contributed by atoms with E-state index in [1.165, 1.54) is 4.90 Å². The summed E-state index contributed by atoms with van der Waals surface area (Å²) in [5, 5.41) is 3.42. The number of carbonyl (C=O) groups excluding carboxylic acids is 2. The normalized spacial score (nSPS) is 12.2. The van der Waals surface area contributed by atoms with Crippen LogP contribution in [0.1, 0.15) is 43.4 Å². The molecule has 2 rings (SSSR count). The van der Waals surface area contributed by atoms with Crippen LogP contribution < -0.4 is 9.62 Å². The highest BCUT2D eigenvalue weighted by Crippen LogP contribution is 2.24. The van der Waals surface area contributed by atoms with Crippen LogP contribution in [0.5, 0.6) is 0 Å². The molecule has 2 aromatic rings. The zero-order valence-electron chi connectivity index (χ0n) is 20.5. The van der Waals surface area contributed by atoms with Crippen LogP contribution in [-0.4, -0.2) is 50.5 Å². The Morgan fingerprint density at radius 3 is 2.24 bits per heavy atom. The maximum absolute atomic E-state index is 13.6. The third-order valence-electron chi connectivity index (χ3n) is 5.50. The average Bonchev–Trinajstić information content (AvgIpc) is 2.76. The number of rotatable bonds is 11. The maximum atomic E-state index is 13.6. The van der Waals surface area contributed by atoms with E-state index in [-0.39, 0.29) is 12.5 Å². The molecule has 1 N–H and O–H groups in total. The molecule has 0 aliphatic rings. The lowest BCUT2D eigenvalue weighted by molar-refractivity contribution is -0.140. The number of halogens is 1. The van der Waals surface area contributed by atoms with Crippen LogP contribution in [0.2, 0.25) is 5.02 Å². The highest BCUT2D eigenvalue weighted by atomic mass is 35.5. The first kappa shape index (κ1) is 27.7. The Morgan fingerprint density at radius 1 is 1.06 bits per heavy atom. The number of carbonyl (C=O) groups is 2. The van der Waals surface area contributed by atoms with E-state index < -0.39 is 28.5 Å². The summed E-state index contributed by atoms with van der Waals surface area (Å²) in [5.74, 6) is -0.720. The largest absolute Gasteiger partial charge is 0.354 e. The van der Waals surface area contributed by atoms with Gasteiger partial charge in [-0.3, -0.25) is 13.9 Å². The number of benzene rings is 2. The molecule has 0 saturated heterocycles. The summed E-state index contributed by atoms with van der Waals surface area (Å²) in [6, 6.07) is 11.7. The Morgan fingerprint density at radius 2 is 1.71 bits per heavy atom. The van der Waals surface area contributed by atoms with Gasteiger partial charge in [0.15, 0.2) is 0 Å². The molecule has 0 aromatic heterocycles. The predicted octanol–water partition coefficient (Wildman–Crippen LogP) is 4.06. The van der Waals surface area contributed by atoms with Crippen molar-refractivity contribution >= 4 is 39.1 Å². The highest BCUT2D eigenvalue weighted by Gasteiger charge is 2.32. The first-order valence-corrected chi connectivity index (χ1v) is 13.6. The van der Waals surface area contributed by atoms with Crippen LogP contribution >= 0.6 is 11.6 Å². The Balaban J connectivity index is 2.44. The number of hydrogen-bond acceptors (Lipinski definition) is 4. The van der Waals surface area contributed by atoms with Crippen molar-refractivity contribution in [3.05, 3.63) is 64.2 Å². The van der Waals surface area contributed by atoms with Gasteiger partial charge in [-0.1, -0.05) is 55.3 Å². The molecule has 0 aliphatic carbocycles. The van der Waals surface area contributed by atoms with Gasteiger partial charge in [0.1, 0.15) is 12.6 Å². The molecule has 34 heavy (non-hydrogen) atoms. The van der Waals surface area contributed by atoms with Crippen LogP contribution in [0.3, 0.4) is 0 Å². The van der Waals surface area contributed by atoms with E-state index in [1.807, 2.05) is 39.8 Å². The monoisotopic (exact) mass is 507 g/mol. The summed E-state index contributed by atoms with van der Waals surface area (Å²) in [7, 11) is -3.76. The first-order chi connectivity index (χ1) is 16.0. The summed E-state index contributed by atoms with van der Waals surface area (Å²) in [5.41, 5.74) is 2.97. The predicted molar refractivity (Wildman–Crippen MR) is 137 cm³/mol. The van der Waals surface area contributed by atoms with Crippen LogP contribution in [-0.2, 0) is 26.2 Å². The molecule has 0 fully saturated rings. The zero-order chi connectivity index (χ0) is 25.5. The quantitative estimate of drug-likeness (QED) is 0.497. The van der Waals surface area contributed by atoms with Crippen molar-refractivity contribution in [2.75, 3.05) is 23.7 Å².